The van der Waals surface area contributed by atoms with E-state index in [1.165, 1.54) is 51.0 Å². The van der Waals surface area contributed by atoms with Crippen molar-refractivity contribution < 1.29 is 13.5 Å². The molecule has 0 atom stereocenters. The first-order valence-electron chi connectivity index (χ1n) is 12.2. The molecule has 0 saturated carbocycles. The summed E-state index contributed by atoms with van der Waals surface area (Å²) < 4.78 is 26.5. The van der Waals surface area contributed by atoms with Crippen molar-refractivity contribution >= 4 is 22.7 Å². The van der Waals surface area contributed by atoms with Crippen LogP contribution in [0.3, 0.4) is 0 Å². The SMILES string of the molecule is CCCCCCCCCCOc1ccc(-c2ccc(-c3nc4cc(Cl)ccc4o3)c(F)c2)cc1. The molecular formula is C29H31ClFNO2. The lowest BCUT2D eigenvalue weighted by Gasteiger charge is -2.08. The maximum atomic E-state index is 14.9. The summed E-state index contributed by atoms with van der Waals surface area (Å²) in [5.74, 6) is 0.699. The molecule has 3 nitrogen and oxygen atoms in total. The molecule has 0 aliphatic heterocycles. The minimum Gasteiger partial charge on any atom is -0.494 e. The van der Waals surface area contributed by atoms with E-state index in [0.717, 1.165) is 29.9 Å². The molecule has 0 saturated heterocycles. The van der Waals surface area contributed by atoms with Gasteiger partial charge in [0.1, 0.15) is 17.1 Å². The Bertz CT molecular complexity index is 1200. The molecule has 4 rings (SSSR count). The number of fused-ring (bicyclic) bond motifs is 1. The number of aromatic nitrogens is 1. The van der Waals surface area contributed by atoms with Crippen LogP contribution < -0.4 is 4.74 Å². The van der Waals surface area contributed by atoms with Gasteiger partial charge in [0.25, 0.3) is 0 Å². The average Bonchev–Trinajstić information content (AvgIpc) is 3.26. The summed E-state index contributed by atoms with van der Waals surface area (Å²) in [5.41, 5.74) is 3.21. The van der Waals surface area contributed by atoms with Crippen molar-refractivity contribution in [2.45, 2.75) is 58.3 Å². The Morgan fingerprint density at radius 1 is 0.824 bits per heavy atom. The van der Waals surface area contributed by atoms with E-state index in [4.69, 9.17) is 20.8 Å². The zero-order valence-corrected chi connectivity index (χ0v) is 20.4. The molecule has 178 valence electrons. The Morgan fingerprint density at radius 2 is 1.53 bits per heavy atom. The van der Waals surface area contributed by atoms with Crippen LogP contribution in [0.4, 0.5) is 4.39 Å². The highest BCUT2D eigenvalue weighted by Gasteiger charge is 2.14. The largest absolute Gasteiger partial charge is 0.494 e. The molecule has 0 amide bonds. The van der Waals surface area contributed by atoms with E-state index in [1.807, 2.05) is 30.3 Å². The molecule has 5 heteroatoms. The number of oxazole rings is 1. The molecule has 34 heavy (non-hydrogen) atoms. The van der Waals surface area contributed by atoms with Gasteiger partial charge in [0.05, 0.1) is 12.2 Å². The smallest absolute Gasteiger partial charge is 0.230 e. The summed E-state index contributed by atoms with van der Waals surface area (Å²) in [5, 5.41) is 0.563. The first kappa shape index (κ1) is 24.3. The van der Waals surface area contributed by atoms with Crippen molar-refractivity contribution in [1.82, 2.24) is 4.98 Å². The number of ether oxygens (including phenoxy) is 1. The molecule has 0 bridgehead atoms. The third-order valence-electron chi connectivity index (χ3n) is 6.00. The van der Waals surface area contributed by atoms with E-state index in [2.05, 4.69) is 11.9 Å². The van der Waals surface area contributed by atoms with E-state index in [9.17, 15) is 4.39 Å². The van der Waals surface area contributed by atoms with Crippen molar-refractivity contribution in [2.75, 3.05) is 6.61 Å². The van der Waals surface area contributed by atoms with Crippen LogP contribution in [0.15, 0.2) is 65.1 Å². The fraction of sp³-hybridized carbons (Fsp3) is 0.345. The maximum Gasteiger partial charge on any atom is 0.230 e. The van der Waals surface area contributed by atoms with Crippen molar-refractivity contribution in [3.63, 3.8) is 0 Å². The third-order valence-corrected chi connectivity index (χ3v) is 6.24. The lowest BCUT2D eigenvalue weighted by atomic mass is 10.0. The van der Waals surface area contributed by atoms with Gasteiger partial charge >= 0.3 is 0 Å². The molecule has 1 aromatic heterocycles. The molecule has 0 aliphatic rings. The van der Waals surface area contributed by atoms with Crippen LogP contribution in [0.25, 0.3) is 33.7 Å². The van der Waals surface area contributed by atoms with Gasteiger partial charge in [-0.05, 0) is 60.0 Å². The molecule has 0 radical (unpaired) electrons. The van der Waals surface area contributed by atoms with Gasteiger partial charge in [-0.3, -0.25) is 0 Å². The molecule has 3 aromatic carbocycles. The minimum atomic E-state index is -0.384. The second-order valence-corrected chi connectivity index (χ2v) is 9.11. The van der Waals surface area contributed by atoms with Gasteiger partial charge in [0, 0.05) is 5.02 Å². The van der Waals surface area contributed by atoms with E-state index >= 15 is 0 Å². The summed E-state index contributed by atoms with van der Waals surface area (Å²) in [6.07, 6.45) is 10.2. The first-order chi connectivity index (χ1) is 16.6. The highest BCUT2D eigenvalue weighted by molar-refractivity contribution is 6.31. The first-order valence-corrected chi connectivity index (χ1v) is 12.6. The van der Waals surface area contributed by atoms with Crippen molar-refractivity contribution in [1.29, 1.82) is 0 Å². The van der Waals surface area contributed by atoms with E-state index in [-0.39, 0.29) is 11.7 Å². The lowest BCUT2D eigenvalue weighted by Crippen LogP contribution is -1.97. The zero-order chi connectivity index (χ0) is 23.8. The molecule has 1 heterocycles. The Labute approximate surface area is 205 Å². The fourth-order valence-electron chi connectivity index (χ4n) is 4.05. The number of hydrogen-bond acceptors (Lipinski definition) is 3. The normalized spacial score (nSPS) is 11.3. The van der Waals surface area contributed by atoms with E-state index in [0.29, 0.717) is 21.7 Å². The van der Waals surface area contributed by atoms with Crippen LogP contribution >= 0.6 is 11.6 Å². The average molecular weight is 480 g/mol. The third kappa shape index (κ3) is 6.38. The molecule has 0 fully saturated rings. The number of rotatable bonds is 12. The summed E-state index contributed by atoms with van der Waals surface area (Å²) in [6, 6.07) is 18.0. The van der Waals surface area contributed by atoms with Crippen LogP contribution in [-0.4, -0.2) is 11.6 Å². The van der Waals surface area contributed by atoms with Gasteiger partial charge < -0.3 is 9.15 Å². The second kappa shape index (κ2) is 12.0. The molecule has 0 N–H and O–H groups in total. The van der Waals surface area contributed by atoms with Gasteiger partial charge in [-0.2, -0.15) is 0 Å². The molecular weight excluding hydrogens is 449 g/mol. The van der Waals surface area contributed by atoms with Gasteiger partial charge in [0.2, 0.25) is 5.89 Å². The number of nitrogens with zero attached hydrogens (tertiary/aromatic N) is 1. The number of unbranched alkanes of at least 4 members (excludes halogenated alkanes) is 7. The summed E-state index contributed by atoms with van der Waals surface area (Å²) in [4.78, 5) is 4.37. The zero-order valence-electron chi connectivity index (χ0n) is 19.7. The quantitative estimate of drug-likeness (QED) is 0.190. The highest BCUT2D eigenvalue weighted by Crippen LogP contribution is 2.31. The fourth-order valence-corrected chi connectivity index (χ4v) is 4.22. The molecule has 0 aliphatic carbocycles. The van der Waals surface area contributed by atoms with Crippen molar-refractivity contribution in [3.8, 4) is 28.3 Å². The predicted octanol–water partition coefficient (Wildman–Crippen LogP) is 9.47. The molecule has 0 spiro atoms. The topological polar surface area (TPSA) is 35.3 Å². The molecule has 4 aromatic rings. The van der Waals surface area contributed by atoms with Crippen molar-refractivity contribution in [2.24, 2.45) is 0 Å². The highest BCUT2D eigenvalue weighted by atomic mass is 35.5. The molecule has 0 unspecified atom stereocenters. The Balaban J connectivity index is 1.31. The van der Waals surface area contributed by atoms with Crippen LogP contribution in [0.1, 0.15) is 58.3 Å². The van der Waals surface area contributed by atoms with Crippen LogP contribution in [0.5, 0.6) is 5.75 Å². The predicted molar refractivity (Wildman–Crippen MR) is 138 cm³/mol. The van der Waals surface area contributed by atoms with Gasteiger partial charge in [-0.25, -0.2) is 9.37 Å². The summed E-state index contributed by atoms with van der Waals surface area (Å²) in [6.45, 7) is 2.98. The number of benzene rings is 3. The number of hydrogen-bond donors (Lipinski definition) is 0. The number of halogens is 2. The summed E-state index contributed by atoms with van der Waals surface area (Å²) in [7, 11) is 0. The monoisotopic (exact) mass is 479 g/mol. The van der Waals surface area contributed by atoms with Crippen LogP contribution in [0, 0.1) is 5.82 Å². The van der Waals surface area contributed by atoms with Crippen LogP contribution in [0.2, 0.25) is 5.02 Å². The van der Waals surface area contributed by atoms with Crippen LogP contribution in [-0.2, 0) is 0 Å². The maximum absolute atomic E-state index is 14.9. The summed E-state index contributed by atoms with van der Waals surface area (Å²) >= 11 is 6.01. The van der Waals surface area contributed by atoms with E-state index < -0.39 is 0 Å². The Kier molecular flexibility index (Phi) is 8.59. The van der Waals surface area contributed by atoms with Crippen molar-refractivity contribution in [3.05, 3.63) is 71.5 Å². The minimum absolute atomic E-state index is 0.242. The second-order valence-electron chi connectivity index (χ2n) is 8.67. The Morgan fingerprint density at radius 3 is 2.26 bits per heavy atom. The van der Waals surface area contributed by atoms with Gasteiger partial charge in [-0.1, -0.05) is 81.7 Å². The van der Waals surface area contributed by atoms with Gasteiger partial charge in [0.15, 0.2) is 5.58 Å². The van der Waals surface area contributed by atoms with E-state index in [1.54, 1.807) is 24.3 Å². The van der Waals surface area contributed by atoms with Gasteiger partial charge in [-0.15, -0.1) is 0 Å². The Hall–Kier alpha value is -2.85. The standard InChI is InChI=1S/C29H31ClFNO2/c1-2-3-4-5-6-7-8-9-18-33-24-14-10-21(11-15-24)22-12-16-25(26(31)19-22)29-32-27-20-23(30)13-17-28(27)34-29/h10-17,19-20H,2-9,18H2,1H3. The lowest BCUT2D eigenvalue weighted by molar-refractivity contribution is 0.304.